The molecular formula is C23H30N4O2. The molecule has 1 fully saturated rings. The molecule has 2 aliphatic rings. The molecule has 2 unspecified atom stereocenters. The van der Waals surface area contributed by atoms with Crippen molar-refractivity contribution in [2.75, 3.05) is 50.1 Å². The summed E-state index contributed by atoms with van der Waals surface area (Å²) in [7, 11) is 4.04. The molecule has 0 aliphatic carbocycles. The lowest BCUT2D eigenvalue weighted by Gasteiger charge is -2.36. The molecule has 0 bridgehead atoms. The first-order valence-corrected chi connectivity index (χ1v) is 10.4. The molecule has 2 atom stereocenters. The van der Waals surface area contributed by atoms with Crippen LogP contribution in [0.15, 0.2) is 42.6 Å². The van der Waals surface area contributed by atoms with Gasteiger partial charge in [0.15, 0.2) is 0 Å². The van der Waals surface area contributed by atoms with Crippen molar-refractivity contribution in [1.82, 2.24) is 9.88 Å². The van der Waals surface area contributed by atoms with Crippen LogP contribution in [0.25, 0.3) is 0 Å². The number of amides is 1. The summed E-state index contributed by atoms with van der Waals surface area (Å²) in [5, 5.41) is 0. The van der Waals surface area contributed by atoms with E-state index >= 15 is 0 Å². The molecule has 3 heterocycles. The van der Waals surface area contributed by atoms with Gasteiger partial charge in [-0.2, -0.15) is 0 Å². The van der Waals surface area contributed by atoms with Gasteiger partial charge in [-0.05, 0) is 57.1 Å². The van der Waals surface area contributed by atoms with Crippen molar-refractivity contribution in [3.8, 4) is 5.75 Å². The van der Waals surface area contributed by atoms with Crippen LogP contribution in [0.5, 0.6) is 5.75 Å². The van der Waals surface area contributed by atoms with Crippen molar-refractivity contribution in [2.45, 2.75) is 25.9 Å². The molecule has 6 heteroatoms. The third-order valence-electron chi connectivity index (χ3n) is 5.62. The van der Waals surface area contributed by atoms with Gasteiger partial charge in [-0.25, -0.2) is 4.98 Å². The number of benzene rings is 1. The van der Waals surface area contributed by atoms with Gasteiger partial charge in [-0.15, -0.1) is 0 Å². The fourth-order valence-corrected chi connectivity index (χ4v) is 4.27. The van der Waals surface area contributed by atoms with Crippen LogP contribution in [0.4, 0.5) is 11.5 Å². The van der Waals surface area contributed by atoms with E-state index in [1.54, 1.807) is 6.20 Å². The Labute approximate surface area is 173 Å². The Bertz CT molecular complexity index is 869. The summed E-state index contributed by atoms with van der Waals surface area (Å²) in [5.41, 5.74) is 1.51. The minimum Gasteiger partial charge on any atom is -0.485 e. The Morgan fingerprint density at radius 3 is 2.86 bits per heavy atom. The molecule has 1 amide bonds. The maximum Gasteiger partial charge on any atom is 0.258 e. The predicted molar refractivity (Wildman–Crippen MR) is 116 cm³/mol. The molecular weight excluding hydrogens is 364 g/mol. The van der Waals surface area contributed by atoms with Crippen molar-refractivity contribution in [2.24, 2.45) is 5.92 Å². The minimum absolute atomic E-state index is 0.00165. The van der Waals surface area contributed by atoms with E-state index in [1.165, 1.54) is 12.8 Å². The molecule has 1 saturated heterocycles. The lowest BCUT2D eigenvalue weighted by Crippen LogP contribution is -2.47. The number of pyridine rings is 1. The summed E-state index contributed by atoms with van der Waals surface area (Å²) in [6.45, 7) is 5.56. The topological polar surface area (TPSA) is 48.9 Å². The van der Waals surface area contributed by atoms with Crippen LogP contribution in [0.1, 0.15) is 30.1 Å². The summed E-state index contributed by atoms with van der Waals surface area (Å²) in [4.78, 5) is 24.3. The van der Waals surface area contributed by atoms with E-state index in [1.807, 2.05) is 55.4 Å². The van der Waals surface area contributed by atoms with Gasteiger partial charge in [0.2, 0.25) is 0 Å². The first-order valence-electron chi connectivity index (χ1n) is 10.4. The van der Waals surface area contributed by atoms with Gasteiger partial charge in [-0.1, -0.05) is 19.1 Å². The van der Waals surface area contributed by atoms with Gasteiger partial charge in [0.1, 0.15) is 17.7 Å². The summed E-state index contributed by atoms with van der Waals surface area (Å²) < 4.78 is 6.13. The van der Waals surface area contributed by atoms with Crippen molar-refractivity contribution in [3.63, 3.8) is 0 Å². The molecule has 0 saturated carbocycles. The fraction of sp³-hybridized carbons (Fsp3) is 0.478. The normalized spacial score (nSPS) is 21.7. The third-order valence-corrected chi connectivity index (χ3v) is 5.62. The highest BCUT2D eigenvalue weighted by Crippen LogP contribution is 2.34. The molecule has 1 aromatic carbocycles. The molecule has 154 valence electrons. The van der Waals surface area contributed by atoms with Crippen LogP contribution in [-0.2, 0) is 0 Å². The number of hydrogen-bond acceptors (Lipinski definition) is 5. The highest BCUT2D eigenvalue weighted by Gasteiger charge is 2.31. The molecule has 0 spiro atoms. The Morgan fingerprint density at radius 2 is 2.07 bits per heavy atom. The van der Waals surface area contributed by atoms with Crippen molar-refractivity contribution < 1.29 is 9.53 Å². The van der Waals surface area contributed by atoms with Crippen molar-refractivity contribution in [1.29, 1.82) is 0 Å². The minimum atomic E-state index is -0.0619. The Hall–Kier alpha value is -2.60. The summed E-state index contributed by atoms with van der Waals surface area (Å²) in [5.74, 6) is 2.31. The maximum atomic E-state index is 13.5. The van der Waals surface area contributed by atoms with Crippen molar-refractivity contribution in [3.05, 3.63) is 48.2 Å². The second-order valence-corrected chi connectivity index (χ2v) is 8.48. The molecule has 6 nitrogen and oxygen atoms in total. The summed E-state index contributed by atoms with van der Waals surface area (Å²) in [6, 6.07) is 11.5. The number of ether oxygens (including phenoxy) is 1. The number of rotatable bonds is 4. The van der Waals surface area contributed by atoms with Gasteiger partial charge in [0.25, 0.3) is 5.91 Å². The van der Waals surface area contributed by atoms with Gasteiger partial charge in [0.05, 0.1) is 12.2 Å². The first kappa shape index (κ1) is 19.7. The lowest BCUT2D eigenvalue weighted by molar-refractivity contribution is 0.0940. The Kier molecular flexibility index (Phi) is 5.72. The van der Waals surface area contributed by atoms with E-state index in [2.05, 4.69) is 21.7 Å². The van der Waals surface area contributed by atoms with E-state index in [9.17, 15) is 4.79 Å². The van der Waals surface area contributed by atoms with E-state index < -0.39 is 0 Å². The van der Waals surface area contributed by atoms with Crippen LogP contribution in [0.2, 0.25) is 0 Å². The zero-order valence-corrected chi connectivity index (χ0v) is 17.5. The van der Waals surface area contributed by atoms with Crippen LogP contribution < -0.4 is 14.5 Å². The maximum absolute atomic E-state index is 13.5. The highest BCUT2D eigenvalue weighted by atomic mass is 16.5. The molecule has 2 aliphatic heterocycles. The van der Waals surface area contributed by atoms with Crippen LogP contribution in [0, 0.1) is 5.92 Å². The summed E-state index contributed by atoms with van der Waals surface area (Å²) >= 11 is 0. The number of aromatic nitrogens is 1. The zero-order chi connectivity index (χ0) is 20.4. The number of fused-ring (bicyclic) bond motifs is 1. The van der Waals surface area contributed by atoms with E-state index in [0.717, 1.165) is 36.9 Å². The number of carbonyl (C=O) groups is 1. The smallest absolute Gasteiger partial charge is 0.258 e. The van der Waals surface area contributed by atoms with Gasteiger partial charge < -0.3 is 19.4 Å². The number of anilines is 2. The van der Waals surface area contributed by atoms with Gasteiger partial charge in [0, 0.05) is 31.4 Å². The van der Waals surface area contributed by atoms with Gasteiger partial charge >= 0.3 is 0 Å². The lowest BCUT2D eigenvalue weighted by atomic mass is 10.0. The second kappa shape index (κ2) is 8.41. The number of carbonyl (C=O) groups excluding carboxylic acids is 1. The van der Waals surface area contributed by atoms with Crippen LogP contribution >= 0.6 is 0 Å². The van der Waals surface area contributed by atoms with Crippen LogP contribution in [-0.4, -0.2) is 62.2 Å². The average Bonchev–Trinajstić information content (AvgIpc) is 2.72. The number of nitrogens with zero attached hydrogens (tertiary/aromatic N) is 4. The molecule has 1 aromatic heterocycles. The number of para-hydroxylation sites is 2. The molecule has 0 radical (unpaired) electrons. The molecule has 4 rings (SSSR count). The van der Waals surface area contributed by atoms with E-state index in [-0.39, 0.29) is 12.0 Å². The fourth-order valence-electron chi connectivity index (χ4n) is 4.27. The number of piperidine rings is 1. The third kappa shape index (κ3) is 4.37. The number of likely N-dealkylation sites (N-methyl/N-ethyl adjacent to an activating group) is 1. The number of hydrogen-bond donors (Lipinski definition) is 0. The molecule has 2 aromatic rings. The second-order valence-electron chi connectivity index (χ2n) is 8.48. The summed E-state index contributed by atoms with van der Waals surface area (Å²) in [6.07, 6.45) is 4.12. The zero-order valence-electron chi connectivity index (χ0n) is 17.5. The predicted octanol–water partition coefficient (Wildman–Crippen LogP) is 3.29. The quantitative estimate of drug-likeness (QED) is 0.796. The SMILES string of the molecule is CC1CCCN(c2cc(C(=O)N3CC(CN(C)C)Oc4ccccc43)ccn2)C1. The van der Waals surface area contributed by atoms with E-state index in [0.29, 0.717) is 18.0 Å². The van der Waals surface area contributed by atoms with Crippen molar-refractivity contribution >= 4 is 17.4 Å². The molecule has 0 N–H and O–H groups in total. The van der Waals surface area contributed by atoms with E-state index in [4.69, 9.17) is 4.74 Å². The first-order chi connectivity index (χ1) is 14.0. The Morgan fingerprint density at radius 1 is 1.24 bits per heavy atom. The van der Waals surface area contributed by atoms with Crippen LogP contribution in [0.3, 0.4) is 0 Å². The average molecular weight is 395 g/mol. The Balaban J connectivity index is 1.60. The largest absolute Gasteiger partial charge is 0.485 e. The monoisotopic (exact) mass is 394 g/mol. The molecule has 29 heavy (non-hydrogen) atoms. The highest BCUT2D eigenvalue weighted by molar-refractivity contribution is 6.07. The standard InChI is InChI=1S/C23H30N4O2/c1-17-7-6-12-26(14-17)22-13-18(10-11-24-22)23(28)27-16-19(15-25(2)3)29-21-9-5-4-8-20(21)27/h4-5,8-11,13,17,19H,6-7,12,14-16H2,1-3H3. The van der Waals surface area contributed by atoms with Gasteiger partial charge in [-0.3, -0.25) is 4.79 Å².